The first-order valence-electron chi connectivity index (χ1n) is 8.07. The van der Waals surface area contributed by atoms with E-state index in [4.69, 9.17) is 34.8 Å². The van der Waals surface area contributed by atoms with E-state index in [2.05, 4.69) is 0 Å². The van der Waals surface area contributed by atoms with Crippen LogP contribution in [0.4, 0.5) is 0 Å². The van der Waals surface area contributed by atoms with E-state index >= 15 is 0 Å². The number of Topliss-reactive ketones (excluding diaryl/α,β-unsaturated/α-hetero) is 1. The number of thiophene rings is 1. The predicted molar refractivity (Wildman–Crippen MR) is 121 cm³/mol. The van der Waals surface area contributed by atoms with Crippen LogP contribution in [0.5, 0.6) is 0 Å². The van der Waals surface area contributed by atoms with Crippen LogP contribution in [0.1, 0.15) is 25.7 Å². The van der Waals surface area contributed by atoms with Crippen LogP contribution in [0.3, 0.4) is 0 Å². The molecule has 0 spiro atoms. The highest BCUT2D eigenvalue weighted by Crippen LogP contribution is 2.32. The lowest BCUT2D eigenvalue weighted by Gasteiger charge is -2.09. The molecular weight excluding hydrogens is 439 g/mol. The lowest BCUT2D eigenvalue weighted by Crippen LogP contribution is -2.01. The second kappa shape index (κ2) is 9.31. The monoisotopic (exact) mass is 452 g/mol. The van der Waals surface area contributed by atoms with Crippen molar-refractivity contribution in [2.75, 3.05) is 0 Å². The van der Waals surface area contributed by atoms with E-state index in [-0.39, 0.29) is 5.78 Å². The predicted octanol–water partition coefficient (Wildman–Crippen LogP) is 8.17. The first-order valence-corrected chi connectivity index (χ1v) is 11.0. The summed E-state index contributed by atoms with van der Waals surface area (Å²) in [7, 11) is 0. The molecule has 0 aliphatic carbocycles. The van der Waals surface area contributed by atoms with Crippen molar-refractivity contribution in [3.05, 3.63) is 95.5 Å². The van der Waals surface area contributed by atoms with Gasteiger partial charge in [-0.1, -0.05) is 40.9 Å². The molecule has 0 unspecified atom stereocenters. The molecule has 0 bridgehead atoms. The van der Waals surface area contributed by atoms with Gasteiger partial charge < -0.3 is 0 Å². The van der Waals surface area contributed by atoms with Crippen molar-refractivity contribution in [1.82, 2.24) is 0 Å². The maximum absolute atomic E-state index is 13.0. The van der Waals surface area contributed by atoms with Crippen molar-refractivity contribution in [2.45, 2.75) is 12.7 Å². The molecule has 138 valence electrons. The van der Waals surface area contributed by atoms with Gasteiger partial charge in [0.1, 0.15) is 0 Å². The summed E-state index contributed by atoms with van der Waals surface area (Å²) in [5.74, 6) is 0.540. The second-order valence-corrected chi connectivity index (χ2v) is 9.43. The molecule has 1 nitrogen and oxygen atoms in total. The summed E-state index contributed by atoms with van der Waals surface area (Å²) in [6, 6.07) is 16.4. The second-order valence-electron chi connectivity index (χ2n) is 5.82. The summed E-state index contributed by atoms with van der Waals surface area (Å²) in [6.45, 7) is 2.04. The Morgan fingerprint density at radius 1 is 1.00 bits per heavy atom. The average molecular weight is 454 g/mol. The van der Waals surface area contributed by atoms with E-state index in [1.54, 1.807) is 47.7 Å². The normalized spacial score (nSPS) is 11.6. The Morgan fingerprint density at radius 2 is 1.70 bits per heavy atom. The molecule has 0 aliphatic rings. The first kappa shape index (κ1) is 20.5. The summed E-state index contributed by atoms with van der Waals surface area (Å²) in [5, 5.41) is 1.79. The zero-order valence-corrected chi connectivity index (χ0v) is 18.2. The molecule has 6 heteroatoms. The molecule has 3 aromatic rings. The fraction of sp³-hybridized carbons (Fsp3) is 0.0952. The van der Waals surface area contributed by atoms with Crippen molar-refractivity contribution in [2.24, 2.45) is 0 Å². The number of halogens is 3. The quantitative estimate of drug-likeness (QED) is 0.276. The van der Waals surface area contributed by atoms with E-state index in [1.807, 2.05) is 31.2 Å². The van der Waals surface area contributed by atoms with Gasteiger partial charge in [0.15, 0.2) is 5.78 Å². The van der Waals surface area contributed by atoms with Crippen LogP contribution >= 0.6 is 57.9 Å². The number of allylic oxidation sites excluding steroid dienone is 1. The molecular formula is C21H15Cl3OS2. The topological polar surface area (TPSA) is 17.1 Å². The fourth-order valence-corrected chi connectivity index (χ4v) is 4.97. The van der Waals surface area contributed by atoms with Crippen LogP contribution in [0.25, 0.3) is 6.08 Å². The highest BCUT2D eigenvalue weighted by atomic mass is 35.5. The minimum atomic E-state index is -0.0344. The average Bonchev–Trinajstić information content (AvgIpc) is 3.05. The highest BCUT2D eigenvalue weighted by Gasteiger charge is 2.15. The number of carbonyl (C=O) groups is 1. The van der Waals surface area contributed by atoms with E-state index in [9.17, 15) is 4.79 Å². The molecule has 0 fully saturated rings. The third kappa shape index (κ3) is 5.63. The summed E-state index contributed by atoms with van der Waals surface area (Å²) in [6.07, 6.45) is 1.93. The Morgan fingerprint density at radius 3 is 2.33 bits per heavy atom. The summed E-state index contributed by atoms with van der Waals surface area (Å²) in [4.78, 5) is 15.9. The van der Waals surface area contributed by atoms with Gasteiger partial charge >= 0.3 is 0 Å². The van der Waals surface area contributed by atoms with Crippen molar-refractivity contribution in [3.8, 4) is 0 Å². The van der Waals surface area contributed by atoms with Gasteiger partial charge in [0.05, 0.1) is 4.91 Å². The fourth-order valence-electron chi connectivity index (χ4n) is 2.37. The molecule has 0 radical (unpaired) electrons. The SMILES string of the molecule is Cc1ccc(/C=C(/SCc2ccc(Cl)cc2Cl)C(=O)c2ccc(Cl)cc2)s1. The van der Waals surface area contributed by atoms with Gasteiger partial charge in [-0.2, -0.15) is 0 Å². The Bertz CT molecular complexity index is 991. The van der Waals surface area contributed by atoms with Gasteiger partial charge in [0, 0.05) is 36.1 Å². The molecule has 3 rings (SSSR count). The number of carbonyl (C=O) groups excluding carboxylic acids is 1. The number of rotatable bonds is 6. The van der Waals surface area contributed by atoms with Gasteiger partial charge in [0.25, 0.3) is 0 Å². The standard InChI is InChI=1S/C21H15Cl3OS2/c1-13-2-9-18(27-13)11-20(21(25)14-3-6-16(22)7-4-14)26-12-15-5-8-17(23)10-19(15)24/h2-11H,12H2,1H3/b20-11+. The lowest BCUT2D eigenvalue weighted by molar-refractivity contribution is 0.104. The summed E-state index contributed by atoms with van der Waals surface area (Å²) >= 11 is 21.3. The smallest absolute Gasteiger partial charge is 0.199 e. The van der Waals surface area contributed by atoms with Crippen molar-refractivity contribution in [3.63, 3.8) is 0 Å². The first-order chi connectivity index (χ1) is 12.9. The number of benzene rings is 2. The maximum Gasteiger partial charge on any atom is 0.199 e. The van der Waals surface area contributed by atoms with Crippen LogP contribution in [-0.4, -0.2) is 5.78 Å². The minimum absolute atomic E-state index is 0.0344. The summed E-state index contributed by atoms with van der Waals surface area (Å²) in [5.41, 5.74) is 1.54. The van der Waals surface area contributed by atoms with Crippen molar-refractivity contribution in [1.29, 1.82) is 0 Å². The van der Waals surface area contributed by atoms with Gasteiger partial charge in [-0.15, -0.1) is 23.1 Å². The maximum atomic E-state index is 13.0. The molecule has 0 amide bonds. The number of aryl methyl sites for hydroxylation is 1. The molecule has 0 saturated carbocycles. The molecule has 1 aromatic heterocycles. The third-order valence-corrected chi connectivity index (χ3v) is 6.62. The molecule has 0 N–H and O–H groups in total. The summed E-state index contributed by atoms with van der Waals surface area (Å²) < 4.78 is 0. The zero-order valence-electron chi connectivity index (χ0n) is 14.3. The number of thioether (sulfide) groups is 1. The van der Waals surface area contributed by atoms with Gasteiger partial charge in [-0.3, -0.25) is 4.79 Å². The van der Waals surface area contributed by atoms with Crippen LogP contribution in [-0.2, 0) is 5.75 Å². The minimum Gasteiger partial charge on any atom is -0.288 e. The molecule has 27 heavy (non-hydrogen) atoms. The van der Waals surface area contributed by atoms with Crippen LogP contribution in [0, 0.1) is 6.92 Å². The van der Waals surface area contributed by atoms with E-state index < -0.39 is 0 Å². The zero-order chi connectivity index (χ0) is 19.4. The van der Waals surface area contributed by atoms with Crippen LogP contribution in [0.15, 0.2) is 59.5 Å². The van der Waals surface area contributed by atoms with Gasteiger partial charge in [-0.25, -0.2) is 0 Å². The van der Waals surface area contributed by atoms with E-state index in [0.717, 1.165) is 10.4 Å². The van der Waals surface area contributed by atoms with Gasteiger partial charge in [0.2, 0.25) is 0 Å². The van der Waals surface area contributed by atoms with Crippen molar-refractivity contribution < 1.29 is 4.79 Å². The molecule has 0 aliphatic heterocycles. The lowest BCUT2D eigenvalue weighted by atomic mass is 10.1. The van der Waals surface area contributed by atoms with Crippen molar-refractivity contribution >= 4 is 69.8 Å². The number of ketones is 1. The van der Waals surface area contributed by atoms with E-state index in [1.165, 1.54) is 16.6 Å². The van der Waals surface area contributed by atoms with Crippen LogP contribution in [0.2, 0.25) is 15.1 Å². The molecule has 2 aromatic carbocycles. The molecule has 1 heterocycles. The third-order valence-electron chi connectivity index (χ3n) is 3.76. The Balaban J connectivity index is 1.88. The Kier molecular flexibility index (Phi) is 7.07. The Labute approximate surface area is 182 Å². The largest absolute Gasteiger partial charge is 0.288 e. The van der Waals surface area contributed by atoms with Gasteiger partial charge in [-0.05, 0) is 67.1 Å². The number of hydrogen-bond donors (Lipinski definition) is 0. The molecule has 0 atom stereocenters. The number of hydrogen-bond acceptors (Lipinski definition) is 3. The molecule has 0 saturated heterocycles. The van der Waals surface area contributed by atoms with Crippen LogP contribution < -0.4 is 0 Å². The van der Waals surface area contributed by atoms with E-state index in [0.29, 0.717) is 31.3 Å². The Hall–Kier alpha value is -1.23. The highest BCUT2D eigenvalue weighted by molar-refractivity contribution is 8.03.